The van der Waals surface area contributed by atoms with Gasteiger partial charge >= 0.3 is 0 Å². The molecule has 2 aliphatic rings. The Hall–Kier alpha value is -0.860. The Labute approximate surface area is 110 Å². The predicted molar refractivity (Wildman–Crippen MR) is 75.6 cm³/mol. The maximum absolute atomic E-state index is 3.47. The summed E-state index contributed by atoms with van der Waals surface area (Å²) in [5.41, 5.74) is 1.53. The molecule has 1 aromatic rings. The predicted octanol–water partition coefficient (Wildman–Crippen LogP) is 2.82. The van der Waals surface area contributed by atoms with Crippen molar-refractivity contribution in [1.29, 1.82) is 0 Å². The maximum Gasteiger partial charge on any atom is 0.0377 e. The number of hydrogen-bond acceptors (Lipinski definition) is 2. The van der Waals surface area contributed by atoms with E-state index in [0.29, 0.717) is 6.04 Å². The minimum Gasteiger partial charge on any atom is -0.314 e. The first kappa shape index (κ1) is 12.2. The fourth-order valence-corrected chi connectivity index (χ4v) is 3.66. The molecule has 0 unspecified atom stereocenters. The lowest BCUT2D eigenvalue weighted by Crippen LogP contribution is -2.46. The zero-order valence-corrected chi connectivity index (χ0v) is 11.1. The lowest BCUT2D eigenvalue weighted by Gasteiger charge is -2.38. The molecule has 1 aliphatic carbocycles. The van der Waals surface area contributed by atoms with Crippen LogP contribution in [0.1, 0.15) is 37.3 Å². The monoisotopic (exact) mass is 244 g/mol. The van der Waals surface area contributed by atoms with Gasteiger partial charge in [-0.2, -0.15) is 0 Å². The molecule has 0 aromatic heterocycles. The van der Waals surface area contributed by atoms with Crippen LogP contribution in [0.3, 0.4) is 0 Å². The second-order valence-corrected chi connectivity index (χ2v) is 5.69. The normalized spacial score (nSPS) is 24.2. The van der Waals surface area contributed by atoms with Crippen LogP contribution in [0.15, 0.2) is 30.3 Å². The molecule has 3 rings (SSSR count). The van der Waals surface area contributed by atoms with Gasteiger partial charge in [-0.25, -0.2) is 0 Å². The van der Waals surface area contributed by atoms with Gasteiger partial charge in [0, 0.05) is 32.2 Å². The van der Waals surface area contributed by atoms with Crippen molar-refractivity contribution < 1.29 is 0 Å². The highest BCUT2D eigenvalue weighted by Crippen LogP contribution is 2.39. The van der Waals surface area contributed by atoms with Crippen molar-refractivity contribution in [2.45, 2.75) is 31.7 Å². The Morgan fingerprint density at radius 1 is 1.00 bits per heavy atom. The van der Waals surface area contributed by atoms with Gasteiger partial charge in [0.1, 0.15) is 0 Å². The van der Waals surface area contributed by atoms with Crippen molar-refractivity contribution in [3.63, 3.8) is 0 Å². The largest absolute Gasteiger partial charge is 0.314 e. The van der Waals surface area contributed by atoms with Crippen molar-refractivity contribution >= 4 is 0 Å². The summed E-state index contributed by atoms with van der Waals surface area (Å²) in [6.45, 7) is 4.71. The van der Waals surface area contributed by atoms with E-state index < -0.39 is 0 Å². The number of benzene rings is 1. The second-order valence-electron chi connectivity index (χ2n) is 5.69. The maximum atomic E-state index is 3.47. The Morgan fingerprint density at radius 3 is 2.33 bits per heavy atom. The number of piperazine rings is 1. The molecule has 1 saturated carbocycles. The smallest absolute Gasteiger partial charge is 0.0377 e. The molecule has 2 nitrogen and oxygen atoms in total. The van der Waals surface area contributed by atoms with Crippen LogP contribution < -0.4 is 5.32 Å². The van der Waals surface area contributed by atoms with Gasteiger partial charge in [-0.05, 0) is 24.3 Å². The first-order valence-corrected chi connectivity index (χ1v) is 7.45. The summed E-state index contributed by atoms with van der Waals surface area (Å²) in [6, 6.07) is 11.8. The summed E-state index contributed by atoms with van der Waals surface area (Å²) in [5, 5.41) is 3.47. The molecule has 1 aliphatic heterocycles. The van der Waals surface area contributed by atoms with E-state index in [4.69, 9.17) is 0 Å². The van der Waals surface area contributed by atoms with E-state index in [1.165, 1.54) is 44.3 Å². The minimum atomic E-state index is 0.663. The highest BCUT2D eigenvalue weighted by atomic mass is 15.2. The van der Waals surface area contributed by atoms with E-state index in [0.717, 1.165) is 19.0 Å². The third-order valence-corrected chi connectivity index (χ3v) is 4.53. The number of nitrogens with zero attached hydrogens (tertiary/aromatic N) is 1. The van der Waals surface area contributed by atoms with Crippen LogP contribution in [0.5, 0.6) is 0 Å². The molecule has 0 bridgehead atoms. The molecule has 98 valence electrons. The van der Waals surface area contributed by atoms with Crippen LogP contribution in [-0.4, -0.2) is 31.1 Å². The molecule has 1 N–H and O–H groups in total. The molecule has 0 spiro atoms. The molecule has 1 aromatic carbocycles. The summed E-state index contributed by atoms with van der Waals surface area (Å²) in [7, 11) is 0. The van der Waals surface area contributed by atoms with E-state index in [1.807, 2.05) is 0 Å². The lowest BCUT2D eigenvalue weighted by molar-refractivity contribution is 0.125. The fraction of sp³-hybridized carbons (Fsp3) is 0.625. The quantitative estimate of drug-likeness (QED) is 0.879. The first-order chi connectivity index (χ1) is 8.95. The summed E-state index contributed by atoms with van der Waals surface area (Å²) in [5.74, 6) is 0.880. The third kappa shape index (κ3) is 2.60. The third-order valence-electron chi connectivity index (χ3n) is 4.53. The molecule has 18 heavy (non-hydrogen) atoms. The second kappa shape index (κ2) is 5.85. The van der Waals surface area contributed by atoms with Gasteiger partial charge in [0.25, 0.3) is 0 Å². The van der Waals surface area contributed by atoms with Gasteiger partial charge < -0.3 is 5.32 Å². The lowest BCUT2D eigenvalue weighted by atomic mass is 9.90. The van der Waals surface area contributed by atoms with Crippen LogP contribution in [-0.2, 0) is 0 Å². The van der Waals surface area contributed by atoms with Crippen LogP contribution in [0, 0.1) is 5.92 Å². The van der Waals surface area contributed by atoms with Gasteiger partial charge in [0.2, 0.25) is 0 Å². The Bertz CT molecular complexity index is 351. The van der Waals surface area contributed by atoms with Crippen LogP contribution >= 0.6 is 0 Å². The van der Waals surface area contributed by atoms with Crippen molar-refractivity contribution in [1.82, 2.24) is 10.2 Å². The minimum absolute atomic E-state index is 0.663. The standard InChI is InChI=1S/C16H24N2/c1-2-6-14(7-3-1)16(15-8-4-5-9-15)18-12-10-17-11-13-18/h1-3,6-7,15-17H,4-5,8-13H2/t16-/m1/s1. The van der Waals surface area contributed by atoms with Gasteiger partial charge in [0.05, 0.1) is 0 Å². The summed E-state index contributed by atoms with van der Waals surface area (Å²) >= 11 is 0. The number of nitrogens with one attached hydrogen (secondary N) is 1. The van der Waals surface area contributed by atoms with E-state index in [-0.39, 0.29) is 0 Å². The Balaban J connectivity index is 1.82. The molecule has 2 heteroatoms. The zero-order valence-electron chi connectivity index (χ0n) is 11.1. The van der Waals surface area contributed by atoms with Gasteiger partial charge in [-0.15, -0.1) is 0 Å². The average molecular weight is 244 g/mol. The number of hydrogen-bond donors (Lipinski definition) is 1. The zero-order chi connectivity index (χ0) is 12.2. The van der Waals surface area contributed by atoms with Gasteiger partial charge in [-0.3, -0.25) is 4.90 Å². The fourth-order valence-electron chi connectivity index (χ4n) is 3.66. The summed E-state index contributed by atoms with van der Waals surface area (Å²) in [6.07, 6.45) is 5.70. The highest BCUT2D eigenvalue weighted by Gasteiger charge is 2.31. The van der Waals surface area contributed by atoms with Crippen molar-refractivity contribution in [2.24, 2.45) is 5.92 Å². The Morgan fingerprint density at radius 2 is 1.67 bits per heavy atom. The Kier molecular flexibility index (Phi) is 3.96. The van der Waals surface area contributed by atoms with Gasteiger partial charge in [0.15, 0.2) is 0 Å². The topological polar surface area (TPSA) is 15.3 Å². The van der Waals surface area contributed by atoms with Crippen molar-refractivity contribution in [3.05, 3.63) is 35.9 Å². The van der Waals surface area contributed by atoms with Crippen LogP contribution in [0.25, 0.3) is 0 Å². The van der Waals surface area contributed by atoms with E-state index in [2.05, 4.69) is 40.5 Å². The van der Waals surface area contributed by atoms with Crippen molar-refractivity contribution in [2.75, 3.05) is 26.2 Å². The molecule has 1 atom stereocenters. The summed E-state index contributed by atoms with van der Waals surface area (Å²) in [4.78, 5) is 2.71. The molecular weight excluding hydrogens is 220 g/mol. The molecule has 1 heterocycles. The number of rotatable bonds is 3. The SMILES string of the molecule is c1ccc([C@H](C2CCCC2)N2CCNCC2)cc1. The van der Waals surface area contributed by atoms with Crippen LogP contribution in [0.2, 0.25) is 0 Å². The first-order valence-electron chi connectivity index (χ1n) is 7.45. The van der Waals surface area contributed by atoms with Crippen molar-refractivity contribution in [3.8, 4) is 0 Å². The van der Waals surface area contributed by atoms with E-state index in [9.17, 15) is 0 Å². The molecule has 2 fully saturated rings. The van der Waals surface area contributed by atoms with Gasteiger partial charge in [-0.1, -0.05) is 43.2 Å². The highest BCUT2D eigenvalue weighted by molar-refractivity contribution is 5.20. The molecule has 0 amide bonds. The average Bonchev–Trinajstić information content (AvgIpc) is 2.95. The summed E-state index contributed by atoms with van der Waals surface area (Å²) < 4.78 is 0. The van der Waals surface area contributed by atoms with Crippen LogP contribution in [0.4, 0.5) is 0 Å². The van der Waals surface area contributed by atoms with E-state index >= 15 is 0 Å². The molecular formula is C16H24N2. The molecule has 1 saturated heterocycles. The molecule has 0 radical (unpaired) electrons. The van der Waals surface area contributed by atoms with E-state index in [1.54, 1.807) is 0 Å².